The number of ether oxygens (including phenoxy) is 2. The second-order valence-electron chi connectivity index (χ2n) is 7.80. The molecule has 0 bridgehead atoms. The van der Waals surface area contributed by atoms with Crippen molar-refractivity contribution in [2.75, 3.05) is 12.4 Å². The molecule has 3 aromatic carbocycles. The van der Waals surface area contributed by atoms with Crippen LogP contribution in [0, 0.1) is 0 Å². The van der Waals surface area contributed by atoms with Gasteiger partial charge in [0.2, 0.25) is 0 Å². The quantitative estimate of drug-likeness (QED) is 0.506. The molecule has 0 heterocycles. The summed E-state index contributed by atoms with van der Waals surface area (Å²) >= 11 is 0. The van der Waals surface area contributed by atoms with Gasteiger partial charge in [-0.05, 0) is 85.3 Å². The first-order valence-corrected chi connectivity index (χ1v) is 10.6. The highest BCUT2D eigenvalue weighted by atomic mass is 16.5. The van der Waals surface area contributed by atoms with E-state index in [0.717, 1.165) is 29.7 Å². The average Bonchev–Trinajstić information content (AvgIpc) is 3.32. The number of carboxylic acid groups (broad SMARTS) is 1. The Hall–Kier alpha value is -3.80. The molecule has 32 heavy (non-hydrogen) atoms. The second kappa shape index (κ2) is 9.56. The average molecular weight is 431 g/mol. The van der Waals surface area contributed by atoms with Gasteiger partial charge in [0.25, 0.3) is 5.91 Å². The van der Waals surface area contributed by atoms with Crippen molar-refractivity contribution in [2.45, 2.75) is 31.8 Å². The Morgan fingerprint density at radius 1 is 0.875 bits per heavy atom. The van der Waals surface area contributed by atoms with E-state index in [0.29, 0.717) is 11.3 Å². The van der Waals surface area contributed by atoms with Crippen LogP contribution in [-0.2, 0) is 0 Å². The Morgan fingerprint density at radius 3 is 2.12 bits per heavy atom. The van der Waals surface area contributed by atoms with Gasteiger partial charge in [0.15, 0.2) is 0 Å². The van der Waals surface area contributed by atoms with E-state index < -0.39 is 11.9 Å². The van der Waals surface area contributed by atoms with Crippen LogP contribution >= 0.6 is 0 Å². The van der Waals surface area contributed by atoms with Crippen LogP contribution in [0.4, 0.5) is 5.69 Å². The number of benzene rings is 3. The number of hydrogen-bond donors (Lipinski definition) is 2. The smallest absolute Gasteiger partial charge is 0.337 e. The summed E-state index contributed by atoms with van der Waals surface area (Å²) in [6.07, 6.45) is 4.90. The van der Waals surface area contributed by atoms with Gasteiger partial charge >= 0.3 is 5.97 Å². The number of carbonyl (C=O) groups excluding carboxylic acids is 1. The van der Waals surface area contributed by atoms with Crippen LogP contribution in [0.1, 0.15) is 46.4 Å². The van der Waals surface area contributed by atoms with E-state index in [9.17, 15) is 14.7 Å². The van der Waals surface area contributed by atoms with E-state index in [2.05, 4.69) is 5.32 Å². The molecular formula is C26H25NO5. The highest BCUT2D eigenvalue weighted by Gasteiger charge is 2.17. The van der Waals surface area contributed by atoms with Gasteiger partial charge in [-0.25, -0.2) is 4.79 Å². The summed E-state index contributed by atoms with van der Waals surface area (Å²) in [6, 6.07) is 19.3. The van der Waals surface area contributed by atoms with Crippen molar-refractivity contribution in [3.63, 3.8) is 0 Å². The van der Waals surface area contributed by atoms with Crippen LogP contribution < -0.4 is 14.8 Å². The first-order valence-electron chi connectivity index (χ1n) is 10.6. The molecule has 6 nitrogen and oxygen atoms in total. The van der Waals surface area contributed by atoms with Gasteiger partial charge in [0.1, 0.15) is 11.5 Å². The zero-order chi connectivity index (χ0) is 22.5. The van der Waals surface area contributed by atoms with Crippen molar-refractivity contribution in [2.24, 2.45) is 0 Å². The maximum absolute atomic E-state index is 12.7. The van der Waals surface area contributed by atoms with E-state index in [1.54, 1.807) is 43.5 Å². The van der Waals surface area contributed by atoms with Gasteiger partial charge in [-0.15, -0.1) is 0 Å². The zero-order valence-electron chi connectivity index (χ0n) is 17.8. The number of aromatic carboxylic acids is 1. The summed E-state index contributed by atoms with van der Waals surface area (Å²) in [5, 5.41) is 12.3. The summed E-state index contributed by atoms with van der Waals surface area (Å²) in [5.74, 6) is -0.0412. The lowest BCUT2D eigenvalue weighted by molar-refractivity contribution is 0.0698. The first kappa shape index (κ1) is 21.4. The summed E-state index contributed by atoms with van der Waals surface area (Å²) in [7, 11) is 1.55. The van der Waals surface area contributed by atoms with E-state index in [4.69, 9.17) is 9.47 Å². The highest BCUT2D eigenvalue weighted by Crippen LogP contribution is 2.29. The van der Waals surface area contributed by atoms with Crippen LogP contribution in [0.2, 0.25) is 0 Å². The molecule has 0 radical (unpaired) electrons. The highest BCUT2D eigenvalue weighted by molar-refractivity contribution is 6.08. The molecule has 0 spiro atoms. The minimum absolute atomic E-state index is 0.0248. The van der Waals surface area contributed by atoms with Crippen molar-refractivity contribution >= 4 is 17.6 Å². The molecule has 2 N–H and O–H groups in total. The molecule has 1 aliphatic rings. The largest absolute Gasteiger partial charge is 0.497 e. The van der Waals surface area contributed by atoms with Gasteiger partial charge in [-0.2, -0.15) is 0 Å². The molecule has 1 amide bonds. The number of anilines is 1. The van der Waals surface area contributed by atoms with Crippen molar-refractivity contribution in [3.05, 3.63) is 77.9 Å². The van der Waals surface area contributed by atoms with Crippen molar-refractivity contribution < 1.29 is 24.2 Å². The Balaban J connectivity index is 1.55. The third kappa shape index (κ3) is 4.91. The van der Waals surface area contributed by atoms with Crippen LogP contribution in [-0.4, -0.2) is 30.2 Å². The zero-order valence-corrected chi connectivity index (χ0v) is 17.8. The topological polar surface area (TPSA) is 84.9 Å². The van der Waals surface area contributed by atoms with Gasteiger partial charge in [0, 0.05) is 5.56 Å². The van der Waals surface area contributed by atoms with Crippen LogP contribution in [0.25, 0.3) is 11.1 Å². The summed E-state index contributed by atoms with van der Waals surface area (Å²) in [6.45, 7) is 0. The Morgan fingerprint density at radius 2 is 1.50 bits per heavy atom. The molecule has 0 aromatic heterocycles. The minimum Gasteiger partial charge on any atom is -0.497 e. The number of nitrogens with one attached hydrogen (secondary N) is 1. The SMILES string of the molecule is COc1ccc(C(=O)Nc2cc(-c3ccc(OC4CCCC4)cc3)ccc2C(=O)O)cc1. The number of methoxy groups -OCH3 is 1. The van der Waals surface area contributed by atoms with E-state index in [1.807, 2.05) is 24.3 Å². The van der Waals surface area contributed by atoms with E-state index >= 15 is 0 Å². The third-order valence-electron chi connectivity index (χ3n) is 5.64. The fourth-order valence-electron chi connectivity index (χ4n) is 3.88. The molecule has 1 saturated carbocycles. The molecule has 6 heteroatoms. The minimum atomic E-state index is -1.11. The summed E-state index contributed by atoms with van der Waals surface area (Å²) in [5.41, 5.74) is 2.37. The maximum atomic E-state index is 12.7. The fourth-order valence-corrected chi connectivity index (χ4v) is 3.88. The van der Waals surface area contributed by atoms with Gasteiger partial charge in [-0.1, -0.05) is 18.2 Å². The molecule has 1 aliphatic carbocycles. The number of rotatable bonds is 7. The Bertz CT molecular complexity index is 1100. The van der Waals surface area contributed by atoms with Gasteiger partial charge < -0.3 is 19.9 Å². The maximum Gasteiger partial charge on any atom is 0.337 e. The van der Waals surface area contributed by atoms with Gasteiger partial charge in [0.05, 0.1) is 24.5 Å². The predicted octanol–water partition coefficient (Wildman–Crippen LogP) is 5.63. The van der Waals surface area contributed by atoms with Crippen LogP contribution in [0.15, 0.2) is 66.7 Å². The summed E-state index contributed by atoms with van der Waals surface area (Å²) in [4.78, 5) is 24.4. The fraction of sp³-hybridized carbons (Fsp3) is 0.231. The summed E-state index contributed by atoms with van der Waals surface area (Å²) < 4.78 is 11.1. The van der Waals surface area contributed by atoms with Crippen molar-refractivity contribution in [1.29, 1.82) is 0 Å². The lowest BCUT2D eigenvalue weighted by Crippen LogP contribution is -2.15. The Kier molecular flexibility index (Phi) is 6.40. The molecule has 0 atom stereocenters. The number of hydrogen-bond acceptors (Lipinski definition) is 4. The molecule has 0 saturated heterocycles. The molecule has 1 fully saturated rings. The van der Waals surface area contributed by atoms with E-state index in [1.165, 1.54) is 18.9 Å². The van der Waals surface area contributed by atoms with Crippen LogP contribution in [0.3, 0.4) is 0 Å². The molecule has 0 unspecified atom stereocenters. The van der Waals surface area contributed by atoms with E-state index in [-0.39, 0.29) is 17.4 Å². The standard InChI is InChI=1S/C26H25NO5/c1-31-20-11-8-18(9-12-20)25(28)27-24-16-19(10-15-23(24)26(29)30)17-6-13-22(14-7-17)32-21-4-2-3-5-21/h6-16,21H,2-5H2,1H3,(H,27,28)(H,29,30). The van der Waals surface area contributed by atoms with Crippen LogP contribution in [0.5, 0.6) is 11.5 Å². The first-order chi connectivity index (χ1) is 15.5. The molecular weight excluding hydrogens is 406 g/mol. The normalized spacial score (nSPS) is 13.5. The second-order valence-corrected chi connectivity index (χ2v) is 7.80. The molecule has 0 aliphatic heterocycles. The molecule has 4 rings (SSSR count). The number of amides is 1. The third-order valence-corrected chi connectivity index (χ3v) is 5.64. The van der Waals surface area contributed by atoms with Crippen molar-refractivity contribution in [1.82, 2.24) is 0 Å². The predicted molar refractivity (Wildman–Crippen MR) is 123 cm³/mol. The molecule has 164 valence electrons. The lowest BCUT2D eigenvalue weighted by Gasteiger charge is -2.14. The Labute approximate surface area is 186 Å². The van der Waals surface area contributed by atoms with Crippen molar-refractivity contribution in [3.8, 4) is 22.6 Å². The van der Waals surface area contributed by atoms with Gasteiger partial charge in [-0.3, -0.25) is 4.79 Å². The molecule has 3 aromatic rings. The number of carboxylic acids is 1. The monoisotopic (exact) mass is 431 g/mol. The lowest BCUT2D eigenvalue weighted by atomic mass is 10.0. The number of carbonyl (C=O) groups is 2.